The molecule has 1 heterocycles. The molecule has 0 aliphatic heterocycles. The van der Waals surface area contributed by atoms with Gasteiger partial charge in [0.1, 0.15) is 0 Å². The molecule has 176 valence electrons. The molecule has 2 aromatic rings. The first-order valence-electron chi connectivity index (χ1n) is 11.1. The van der Waals surface area contributed by atoms with E-state index in [1.807, 2.05) is 13.8 Å². The summed E-state index contributed by atoms with van der Waals surface area (Å²) in [6.07, 6.45) is -3.91. The Bertz CT molecular complexity index is 1180. The minimum absolute atomic E-state index is 0.0992. The van der Waals surface area contributed by atoms with Crippen LogP contribution < -0.4 is 0 Å². The van der Waals surface area contributed by atoms with E-state index in [0.717, 1.165) is 17.7 Å². The Balaban J connectivity index is 1.74. The number of hydrogen-bond donors (Lipinski definition) is 1. The largest absolute Gasteiger partial charge is 0.416 e. The first-order chi connectivity index (χ1) is 15.2. The van der Waals surface area contributed by atoms with E-state index in [2.05, 4.69) is 10.2 Å². The van der Waals surface area contributed by atoms with E-state index in [1.54, 1.807) is 13.0 Å². The molecule has 33 heavy (non-hydrogen) atoms. The van der Waals surface area contributed by atoms with Gasteiger partial charge in [-0.3, -0.25) is 9.89 Å². The average molecular weight is 464 g/mol. The van der Waals surface area contributed by atoms with Crippen LogP contribution >= 0.6 is 0 Å². The van der Waals surface area contributed by atoms with Crippen LogP contribution in [0.3, 0.4) is 0 Å². The van der Waals surface area contributed by atoms with Crippen LogP contribution in [0, 0.1) is 5.41 Å². The van der Waals surface area contributed by atoms with Gasteiger partial charge in [0.05, 0.1) is 11.3 Å². The molecule has 0 bridgehead atoms. The molecule has 1 N–H and O–H groups in total. The van der Waals surface area contributed by atoms with Crippen LogP contribution in [0.5, 0.6) is 0 Å². The molecule has 0 spiro atoms. The van der Waals surface area contributed by atoms with Gasteiger partial charge in [0.25, 0.3) is 0 Å². The number of carbonyl (C=O) groups is 1. The second-order valence-electron chi connectivity index (χ2n) is 10.7. The van der Waals surface area contributed by atoms with Crippen LogP contribution in [0.2, 0.25) is 0 Å². The van der Waals surface area contributed by atoms with Crippen molar-refractivity contribution in [2.75, 3.05) is 0 Å². The van der Waals surface area contributed by atoms with Gasteiger partial charge in [-0.25, -0.2) is 8.78 Å². The number of alkyl halides is 5. The highest BCUT2D eigenvalue weighted by molar-refractivity contribution is 6.01. The Morgan fingerprint density at radius 2 is 1.79 bits per heavy atom. The molecule has 1 unspecified atom stereocenters. The zero-order valence-electron chi connectivity index (χ0n) is 18.7. The van der Waals surface area contributed by atoms with E-state index in [9.17, 15) is 26.7 Å². The van der Waals surface area contributed by atoms with Gasteiger partial charge in [-0.1, -0.05) is 37.6 Å². The summed E-state index contributed by atoms with van der Waals surface area (Å²) in [5, 5.41) is 7.36. The summed E-state index contributed by atoms with van der Waals surface area (Å²) in [7, 11) is 0. The number of Topliss-reactive ketones (excluding diaryl/α,β-unsaturated/α-hetero) is 1. The number of nitrogens with one attached hydrogen (secondary N) is 1. The maximum atomic E-state index is 13.7. The van der Waals surface area contributed by atoms with Crippen molar-refractivity contribution < 1.29 is 26.7 Å². The number of aromatic amines is 1. The molecular weight excluding hydrogens is 439 g/mol. The first-order valence-corrected chi connectivity index (χ1v) is 11.1. The number of nitrogens with zero attached hydrogens (tertiary/aromatic N) is 1. The fourth-order valence-electron chi connectivity index (χ4n) is 6.10. The molecule has 1 fully saturated rings. The molecule has 1 aromatic heterocycles. The first kappa shape index (κ1) is 22.3. The summed E-state index contributed by atoms with van der Waals surface area (Å²) in [5.41, 5.74) is 1.18. The van der Waals surface area contributed by atoms with Gasteiger partial charge in [0, 0.05) is 53.8 Å². The normalized spacial score (nSPS) is 26.6. The van der Waals surface area contributed by atoms with Crippen molar-refractivity contribution in [1.29, 1.82) is 0 Å². The SMILES string of the molecule is CC1(C)CC(=O)C2=C(Cc3[nH]nc(C4CC(F)(F)C4)c3C2(C)c2cccc(C(F)(F)F)c2)C1. The number of hydrogen-bond acceptors (Lipinski definition) is 2. The lowest BCUT2D eigenvalue weighted by molar-refractivity contribution is -0.137. The van der Waals surface area contributed by atoms with Crippen LogP contribution in [-0.2, 0) is 22.8 Å². The third-order valence-electron chi connectivity index (χ3n) is 7.47. The Kier molecular flexibility index (Phi) is 4.57. The van der Waals surface area contributed by atoms with Crippen molar-refractivity contribution in [3.63, 3.8) is 0 Å². The quantitative estimate of drug-likeness (QED) is 0.517. The van der Waals surface area contributed by atoms with Crippen molar-refractivity contribution in [2.45, 2.75) is 76.3 Å². The predicted octanol–water partition coefficient (Wildman–Crippen LogP) is 6.49. The number of fused-ring (bicyclic) bond motifs is 1. The minimum atomic E-state index is -4.55. The Morgan fingerprint density at radius 1 is 1.09 bits per heavy atom. The van der Waals surface area contributed by atoms with Crippen molar-refractivity contribution >= 4 is 5.78 Å². The highest BCUT2D eigenvalue weighted by Crippen LogP contribution is 2.57. The molecular formula is C25H25F5N2O. The molecule has 0 radical (unpaired) electrons. The van der Waals surface area contributed by atoms with Gasteiger partial charge in [0.2, 0.25) is 5.92 Å². The van der Waals surface area contributed by atoms with Crippen LogP contribution in [0.4, 0.5) is 22.0 Å². The predicted molar refractivity (Wildman–Crippen MR) is 112 cm³/mol. The van der Waals surface area contributed by atoms with E-state index < -0.39 is 29.0 Å². The summed E-state index contributed by atoms with van der Waals surface area (Å²) in [6.45, 7) is 5.75. The molecule has 1 aromatic carbocycles. The lowest BCUT2D eigenvalue weighted by Gasteiger charge is -2.45. The average Bonchev–Trinajstić information content (AvgIpc) is 3.08. The summed E-state index contributed by atoms with van der Waals surface area (Å²) >= 11 is 0. The molecule has 1 saturated carbocycles. The van der Waals surface area contributed by atoms with Gasteiger partial charge in [0.15, 0.2) is 5.78 Å². The fourth-order valence-corrected chi connectivity index (χ4v) is 6.10. The van der Waals surface area contributed by atoms with E-state index in [1.165, 1.54) is 6.07 Å². The van der Waals surface area contributed by atoms with Crippen LogP contribution in [0.1, 0.15) is 80.5 Å². The van der Waals surface area contributed by atoms with Crippen molar-refractivity contribution in [3.8, 4) is 0 Å². The smallest absolute Gasteiger partial charge is 0.294 e. The number of carbonyl (C=O) groups excluding carboxylic acids is 1. The lowest BCUT2D eigenvalue weighted by Crippen LogP contribution is -2.42. The highest BCUT2D eigenvalue weighted by atomic mass is 19.4. The van der Waals surface area contributed by atoms with Crippen molar-refractivity contribution in [2.24, 2.45) is 5.41 Å². The van der Waals surface area contributed by atoms with Gasteiger partial charge in [-0.2, -0.15) is 18.3 Å². The Morgan fingerprint density at radius 3 is 2.42 bits per heavy atom. The molecule has 1 atom stereocenters. The number of H-pyrrole nitrogens is 1. The summed E-state index contributed by atoms with van der Waals surface area (Å²) in [6, 6.07) is 5.01. The van der Waals surface area contributed by atoms with Crippen molar-refractivity contribution in [1.82, 2.24) is 10.2 Å². The van der Waals surface area contributed by atoms with Crippen LogP contribution in [0.15, 0.2) is 35.4 Å². The molecule has 8 heteroatoms. The standard InChI is InChI=1S/C25H25F5N2O/c1-22(2)9-13-7-17-20(21(32-31-17)14-10-24(26,27)11-14)23(3,19(13)18(33)12-22)15-5-4-6-16(8-15)25(28,29)30/h4-6,8,14H,7,9-12H2,1-3H3,(H,31,32). The van der Waals surface area contributed by atoms with Gasteiger partial charge < -0.3 is 0 Å². The highest BCUT2D eigenvalue weighted by Gasteiger charge is 2.53. The van der Waals surface area contributed by atoms with Crippen LogP contribution in [0.25, 0.3) is 0 Å². The fraction of sp³-hybridized carbons (Fsp3) is 0.520. The maximum absolute atomic E-state index is 13.7. The minimum Gasteiger partial charge on any atom is -0.294 e. The second-order valence-corrected chi connectivity index (χ2v) is 10.7. The number of rotatable bonds is 2. The van der Waals surface area contributed by atoms with Gasteiger partial charge >= 0.3 is 6.18 Å². The number of aromatic nitrogens is 2. The molecule has 3 aliphatic carbocycles. The molecule has 3 nitrogen and oxygen atoms in total. The molecule has 0 saturated heterocycles. The monoisotopic (exact) mass is 464 g/mol. The van der Waals surface area contributed by atoms with E-state index >= 15 is 0 Å². The van der Waals surface area contributed by atoms with Gasteiger partial charge in [-0.05, 0) is 30.4 Å². The van der Waals surface area contributed by atoms with Crippen molar-refractivity contribution in [3.05, 3.63) is 63.5 Å². The number of ketones is 1. The lowest BCUT2D eigenvalue weighted by atomic mass is 9.57. The van der Waals surface area contributed by atoms with E-state index in [4.69, 9.17) is 0 Å². The zero-order chi connectivity index (χ0) is 24.0. The van der Waals surface area contributed by atoms with E-state index in [0.29, 0.717) is 40.9 Å². The molecule has 0 amide bonds. The number of allylic oxidation sites excluding steroid dienone is 2. The summed E-state index contributed by atoms with van der Waals surface area (Å²) in [4.78, 5) is 13.5. The van der Waals surface area contributed by atoms with E-state index in [-0.39, 0.29) is 30.5 Å². The molecule has 3 aliphatic rings. The zero-order valence-corrected chi connectivity index (χ0v) is 18.7. The third-order valence-corrected chi connectivity index (χ3v) is 7.47. The number of halogens is 5. The van der Waals surface area contributed by atoms with Crippen LogP contribution in [-0.4, -0.2) is 21.9 Å². The van der Waals surface area contributed by atoms with Gasteiger partial charge in [-0.15, -0.1) is 0 Å². The molecule has 5 rings (SSSR count). The third kappa shape index (κ3) is 3.44. The Labute approximate surface area is 188 Å². The summed E-state index contributed by atoms with van der Waals surface area (Å²) in [5.74, 6) is -3.37. The second kappa shape index (κ2) is 6.76. The number of benzene rings is 1. The Hall–Kier alpha value is -2.51. The summed E-state index contributed by atoms with van der Waals surface area (Å²) < 4.78 is 68.2. The maximum Gasteiger partial charge on any atom is 0.416 e. The topological polar surface area (TPSA) is 45.8 Å².